The monoisotopic (exact) mass is 572 g/mol. The molecule has 39 heavy (non-hydrogen) atoms. The van der Waals surface area contributed by atoms with Crippen LogP contribution in [0.5, 0.6) is 0 Å². The van der Waals surface area contributed by atoms with Gasteiger partial charge < -0.3 is 14.7 Å². The molecule has 2 amide bonds. The Balaban J connectivity index is 1.58. The van der Waals surface area contributed by atoms with E-state index in [2.05, 4.69) is 4.90 Å². The predicted octanol–water partition coefficient (Wildman–Crippen LogP) is 5.52. The van der Waals surface area contributed by atoms with Gasteiger partial charge in [0.25, 0.3) is 11.6 Å². The topological polar surface area (TPSA) is 87.0 Å². The third-order valence-corrected chi connectivity index (χ3v) is 8.16. The van der Waals surface area contributed by atoms with Gasteiger partial charge in [-0.2, -0.15) is 0 Å². The van der Waals surface area contributed by atoms with Crippen molar-refractivity contribution in [2.75, 3.05) is 32.7 Å². The van der Waals surface area contributed by atoms with Crippen LogP contribution in [0.3, 0.4) is 0 Å². The molecule has 4 rings (SSSR count). The molecule has 0 atom stereocenters. The van der Waals surface area contributed by atoms with Crippen LogP contribution in [0.4, 0.5) is 10.1 Å². The SMILES string of the molecule is Cc1ccsc1CN(Cc1ccc(F)cc1)C(=O)CN(CCN1CCCC1)C(=O)c1ccc(Cl)c([N+](=O)[O-])c1. The number of hydrogen-bond donors (Lipinski definition) is 0. The lowest BCUT2D eigenvalue weighted by molar-refractivity contribution is -0.384. The van der Waals surface area contributed by atoms with E-state index in [1.54, 1.807) is 28.4 Å². The zero-order chi connectivity index (χ0) is 27.9. The van der Waals surface area contributed by atoms with Gasteiger partial charge in [0, 0.05) is 36.1 Å². The molecule has 1 aromatic heterocycles. The Hall–Kier alpha value is -3.34. The van der Waals surface area contributed by atoms with Gasteiger partial charge in [0.15, 0.2) is 0 Å². The minimum absolute atomic E-state index is 0.0620. The molecular formula is C28H30ClFN4O4S. The summed E-state index contributed by atoms with van der Waals surface area (Å²) in [5, 5.41) is 13.3. The van der Waals surface area contributed by atoms with Gasteiger partial charge in [-0.25, -0.2) is 4.39 Å². The quantitative estimate of drug-likeness (QED) is 0.223. The Morgan fingerprint density at radius 2 is 1.79 bits per heavy atom. The normalized spacial score (nSPS) is 13.4. The summed E-state index contributed by atoms with van der Waals surface area (Å²) in [6, 6.07) is 11.9. The fourth-order valence-corrected chi connectivity index (χ4v) is 5.64. The van der Waals surface area contributed by atoms with E-state index in [1.807, 2.05) is 18.4 Å². The number of benzene rings is 2. The van der Waals surface area contributed by atoms with Crippen LogP contribution < -0.4 is 0 Å². The van der Waals surface area contributed by atoms with Crippen LogP contribution in [0.25, 0.3) is 0 Å². The lowest BCUT2D eigenvalue weighted by atomic mass is 10.1. The summed E-state index contributed by atoms with van der Waals surface area (Å²) in [5.41, 5.74) is 1.56. The second-order valence-electron chi connectivity index (χ2n) is 9.60. The smallest absolute Gasteiger partial charge is 0.288 e. The fourth-order valence-electron chi connectivity index (χ4n) is 4.53. The van der Waals surface area contributed by atoms with Gasteiger partial charge in [0.05, 0.1) is 11.5 Å². The lowest BCUT2D eigenvalue weighted by Gasteiger charge is -2.29. The molecule has 2 heterocycles. The molecule has 11 heteroatoms. The lowest BCUT2D eigenvalue weighted by Crippen LogP contribution is -2.45. The van der Waals surface area contributed by atoms with E-state index in [0.29, 0.717) is 19.6 Å². The number of rotatable bonds is 11. The number of carbonyl (C=O) groups is 2. The number of nitro groups is 1. The van der Waals surface area contributed by atoms with E-state index in [4.69, 9.17) is 11.6 Å². The summed E-state index contributed by atoms with van der Waals surface area (Å²) in [7, 11) is 0. The number of hydrogen-bond acceptors (Lipinski definition) is 6. The highest BCUT2D eigenvalue weighted by atomic mass is 35.5. The zero-order valence-corrected chi connectivity index (χ0v) is 23.2. The van der Waals surface area contributed by atoms with E-state index in [-0.39, 0.29) is 41.1 Å². The van der Waals surface area contributed by atoms with Crippen molar-refractivity contribution in [1.82, 2.24) is 14.7 Å². The summed E-state index contributed by atoms with van der Waals surface area (Å²) in [6.45, 7) is 5.12. The van der Waals surface area contributed by atoms with Crippen molar-refractivity contribution in [1.29, 1.82) is 0 Å². The molecule has 206 valence electrons. The average molecular weight is 573 g/mol. The van der Waals surface area contributed by atoms with Crippen LogP contribution in [-0.2, 0) is 17.9 Å². The first-order chi connectivity index (χ1) is 18.7. The highest BCUT2D eigenvalue weighted by molar-refractivity contribution is 7.10. The first-order valence-corrected chi connectivity index (χ1v) is 14.0. The fraction of sp³-hybridized carbons (Fsp3) is 0.357. The van der Waals surface area contributed by atoms with Crippen molar-refractivity contribution < 1.29 is 18.9 Å². The van der Waals surface area contributed by atoms with Crippen molar-refractivity contribution in [2.24, 2.45) is 0 Å². The Morgan fingerprint density at radius 3 is 2.44 bits per heavy atom. The van der Waals surface area contributed by atoms with Crippen LogP contribution in [0.1, 0.15) is 39.2 Å². The van der Waals surface area contributed by atoms with Crippen LogP contribution in [-0.4, -0.2) is 64.2 Å². The number of aryl methyl sites for hydroxylation is 1. The zero-order valence-electron chi connectivity index (χ0n) is 21.6. The number of likely N-dealkylation sites (tertiary alicyclic amines) is 1. The van der Waals surface area contributed by atoms with Gasteiger partial charge in [-0.3, -0.25) is 19.7 Å². The second kappa shape index (κ2) is 13.1. The van der Waals surface area contributed by atoms with Gasteiger partial charge in [0.1, 0.15) is 17.4 Å². The Kier molecular flexibility index (Phi) is 9.66. The molecule has 0 N–H and O–H groups in total. The average Bonchev–Trinajstić information content (AvgIpc) is 3.58. The Labute approximate surface area is 235 Å². The van der Waals surface area contributed by atoms with Gasteiger partial charge >= 0.3 is 0 Å². The molecule has 0 unspecified atom stereocenters. The van der Waals surface area contributed by atoms with Crippen molar-refractivity contribution in [3.05, 3.63) is 96.4 Å². The first kappa shape index (κ1) is 28.7. The molecule has 1 saturated heterocycles. The van der Waals surface area contributed by atoms with Gasteiger partial charge in [-0.1, -0.05) is 23.7 Å². The molecule has 0 aliphatic carbocycles. The molecule has 1 aliphatic rings. The van der Waals surface area contributed by atoms with Crippen LogP contribution in [0, 0.1) is 22.9 Å². The van der Waals surface area contributed by atoms with Gasteiger partial charge in [0.2, 0.25) is 5.91 Å². The van der Waals surface area contributed by atoms with Crippen molar-refractivity contribution in [3.8, 4) is 0 Å². The maximum Gasteiger partial charge on any atom is 0.288 e. The summed E-state index contributed by atoms with van der Waals surface area (Å²) in [5.74, 6) is -1.11. The Bertz CT molecular complexity index is 1330. The molecule has 2 aromatic carbocycles. The first-order valence-electron chi connectivity index (χ1n) is 12.7. The highest BCUT2D eigenvalue weighted by Gasteiger charge is 2.26. The molecule has 0 radical (unpaired) electrons. The standard InChI is InChI=1S/C28H30ClFN4O4S/c1-20-10-15-39-26(20)18-33(17-21-4-7-23(30)8-5-21)27(35)19-32(14-13-31-11-2-3-12-31)28(36)22-6-9-24(29)25(16-22)34(37)38/h4-10,15-16H,2-3,11-14,17-19H2,1H3. The molecule has 1 fully saturated rings. The number of amides is 2. The maximum atomic E-state index is 13.7. The second-order valence-corrected chi connectivity index (χ2v) is 11.0. The van der Waals surface area contributed by atoms with Crippen LogP contribution >= 0.6 is 22.9 Å². The number of nitro benzene ring substituents is 1. The summed E-state index contributed by atoms with van der Waals surface area (Å²) < 4.78 is 13.5. The number of carbonyl (C=O) groups excluding carboxylic acids is 2. The van der Waals surface area contributed by atoms with E-state index in [9.17, 15) is 24.1 Å². The largest absolute Gasteiger partial charge is 0.332 e. The number of halogens is 2. The van der Waals surface area contributed by atoms with Gasteiger partial charge in [-0.05, 0) is 79.7 Å². The molecular weight excluding hydrogens is 543 g/mol. The van der Waals surface area contributed by atoms with Crippen molar-refractivity contribution in [3.63, 3.8) is 0 Å². The maximum absolute atomic E-state index is 13.7. The van der Waals surface area contributed by atoms with E-state index < -0.39 is 10.8 Å². The Morgan fingerprint density at radius 1 is 1.08 bits per heavy atom. The third-order valence-electron chi connectivity index (χ3n) is 6.83. The van der Waals surface area contributed by atoms with Crippen molar-refractivity contribution in [2.45, 2.75) is 32.9 Å². The third kappa shape index (κ3) is 7.62. The molecule has 0 bridgehead atoms. The molecule has 8 nitrogen and oxygen atoms in total. The predicted molar refractivity (Wildman–Crippen MR) is 149 cm³/mol. The van der Waals surface area contributed by atoms with Crippen molar-refractivity contribution >= 4 is 40.4 Å². The summed E-state index contributed by atoms with van der Waals surface area (Å²) in [6.07, 6.45) is 2.17. The molecule has 0 spiro atoms. The van der Waals surface area contributed by atoms with Crippen LogP contribution in [0.15, 0.2) is 53.9 Å². The number of thiophene rings is 1. The van der Waals surface area contributed by atoms with E-state index in [1.165, 1.54) is 29.2 Å². The highest BCUT2D eigenvalue weighted by Crippen LogP contribution is 2.26. The summed E-state index contributed by atoms with van der Waals surface area (Å²) in [4.78, 5) is 44.5. The molecule has 0 saturated carbocycles. The summed E-state index contributed by atoms with van der Waals surface area (Å²) >= 11 is 7.50. The van der Waals surface area contributed by atoms with E-state index >= 15 is 0 Å². The molecule has 1 aliphatic heterocycles. The van der Waals surface area contributed by atoms with Crippen LogP contribution in [0.2, 0.25) is 5.02 Å². The number of nitrogens with zero attached hydrogens (tertiary/aromatic N) is 4. The minimum atomic E-state index is -0.632. The minimum Gasteiger partial charge on any atom is -0.332 e. The molecule has 3 aromatic rings. The van der Waals surface area contributed by atoms with Gasteiger partial charge in [-0.15, -0.1) is 11.3 Å². The van der Waals surface area contributed by atoms with E-state index in [0.717, 1.165) is 48.0 Å².